The van der Waals surface area contributed by atoms with Crippen molar-refractivity contribution in [2.75, 3.05) is 67.4 Å². The standard InChI is InChI=1S/C19H22ClF3N6O2/c20-8-18(11-30)9-29(10-18)17-26-14(6-16(27-17)28-1-3-31-4-2-28)12-7-25-15(24)5-13(12)19(21,22)23/h5-7,30H,1-4,8-11H2,(H2,24,25). The Labute approximate surface area is 181 Å². The number of aliphatic hydroxyl groups excluding tert-OH is 1. The summed E-state index contributed by atoms with van der Waals surface area (Å²) < 4.78 is 46.4. The molecular weight excluding hydrogens is 437 g/mol. The van der Waals surface area contributed by atoms with E-state index in [2.05, 4.69) is 15.0 Å². The zero-order chi connectivity index (χ0) is 22.2. The summed E-state index contributed by atoms with van der Waals surface area (Å²) in [6.07, 6.45) is -3.54. The van der Waals surface area contributed by atoms with Crippen LogP contribution in [0.15, 0.2) is 18.3 Å². The van der Waals surface area contributed by atoms with E-state index >= 15 is 0 Å². The van der Waals surface area contributed by atoms with Gasteiger partial charge in [0.05, 0.1) is 31.1 Å². The molecule has 168 valence electrons. The predicted octanol–water partition coefficient (Wildman–Crippen LogP) is 2.01. The number of halogens is 4. The van der Waals surface area contributed by atoms with Gasteiger partial charge < -0.3 is 25.4 Å². The van der Waals surface area contributed by atoms with E-state index in [1.54, 1.807) is 4.90 Å². The van der Waals surface area contributed by atoms with Crippen LogP contribution in [0.3, 0.4) is 0 Å². The second-order valence-corrected chi connectivity index (χ2v) is 8.08. The molecular formula is C19H22ClF3N6O2. The summed E-state index contributed by atoms with van der Waals surface area (Å²) in [5, 5.41) is 9.63. The number of hydrogen-bond acceptors (Lipinski definition) is 8. The highest BCUT2D eigenvalue weighted by molar-refractivity contribution is 6.18. The number of nitrogens with zero attached hydrogens (tertiary/aromatic N) is 5. The minimum Gasteiger partial charge on any atom is -0.396 e. The van der Waals surface area contributed by atoms with Gasteiger partial charge in [0, 0.05) is 55.3 Å². The van der Waals surface area contributed by atoms with Crippen LogP contribution in [0.5, 0.6) is 0 Å². The summed E-state index contributed by atoms with van der Waals surface area (Å²) in [7, 11) is 0. The molecule has 0 saturated carbocycles. The lowest BCUT2D eigenvalue weighted by molar-refractivity contribution is -0.137. The Kier molecular flexibility index (Phi) is 5.84. The zero-order valence-corrected chi connectivity index (χ0v) is 17.3. The average molecular weight is 459 g/mol. The molecule has 0 amide bonds. The second kappa shape index (κ2) is 8.29. The molecule has 0 atom stereocenters. The van der Waals surface area contributed by atoms with Crippen LogP contribution in [0.4, 0.5) is 30.8 Å². The van der Waals surface area contributed by atoms with Crippen molar-refractivity contribution in [2.24, 2.45) is 5.41 Å². The Balaban J connectivity index is 1.78. The van der Waals surface area contributed by atoms with Crippen molar-refractivity contribution in [3.63, 3.8) is 0 Å². The van der Waals surface area contributed by atoms with Crippen molar-refractivity contribution in [2.45, 2.75) is 6.18 Å². The van der Waals surface area contributed by atoms with Gasteiger partial charge in [-0.1, -0.05) is 0 Å². The van der Waals surface area contributed by atoms with Gasteiger partial charge in [-0.15, -0.1) is 11.6 Å². The molecule has 2 aliphatic rings. The topological polar surface area (TPSA) is 101 Å². The molecule has 8 nitrogen and oxygen atoms in total. The van der Waals surface area contributed by atoms with Gasteiger partial charge in [-0.05, 0) is 6.07 Å². The van der Waals surface area contributed by atoms with E-state index in [1.165, 1.54) is 6.07 Å². The van der Waals surface area contributed by atoms with Crippen molar-refractivity contribution in [1.82, 2.24) is 15.0 Å². The van der Waals surface area contributed by atoms with Crippen LogP contribution in [-0.4, -0.2) is 71.9 Å². The Morgan fingerprint density at radius 3 is 2.48 bits per heavy atom. The molecule has 0 spiro atoms. The number of nitrogens with two attached hydrogens (primary N) is 1. The van der Waals surface area contributed by atoms with Gasteiger partial charge in [0.2, 0.25) is 5.95 Å². The van der Waals surface area contributed by atoms with E-state index in [-0.39, 0.29) is 35.5 Å². The van der Waals surface area contributed by atoms with Crippen molar-refractivity contribution in [3.05, 3.63) is 23.9 Å². The molecule has 2 aromatic heterocycles. The van der Waals surface area contributed by atoms with Crippen LogP contribution >= 0.6 is 11.6 Å². The van der Waals surface area contributed by atoms with E-state index < -0.39 is 17.2 Å². The molecule has 2 aliphatic heterocycles. The monoisotopic (exact) mass is 458 g/mol. The molecule has 0 unspecified atom stereocenters. The van der Waals surface area contributed by atoms with E-state index in [4.69, 9.17) is 22.1 Å². The quantitative estimate of drug-likeness (QED) is 0.656. The van der Waals surface area contributed by atoms with Crippen LogP contribution in [0.25, 0.3) is 11.3 Å². The van der Waals surface area contributed by atoms with E-state index in [0.29, 0.717) is 45.2 Å². The number of anilines is 3. The molecule has 2 saturated heterocycles. The average Bonchev–Trinajstić information content (AvgIpc) is 2.73. The molecule has 0 aliphatic carbocycles. The number of ether oxygens (including phenoxy) is 1. The van der Waals surface area contributed by atoms with Crippen LogP contribution in [-0.2, 0) is 10.9 Å². The molecule has 12 heteroatoms. The molecule has 3 N–H and O–H groups in total. The first-order valence-corrected chi connectivity index (χ1v) is 10.2. The number of alkyl halides is 4. The lowest BCUT2D eigenvalue weighted by atomic mass is 9.83. The van der Waals surface area contributed by atoms with Gasteiger partial charge in [-0.25, -0.2) is 9.97 Å². The maximum absolute atomic E-state index is 13.7. The van der Waals surface area contributed by atoms with Crippen molar-refractivity contribution >= 4 is 29.2 Å². The number of morpholine rings is 1. The number of nitrogen functional groups attached to an aromatic ring is 1. The van der Waals surface area contributed by atoms with Gasteiger partial charge >= 0.3 is 6.18 Å². The van der Waals surface area contributed by atoms with E-state index in [0.717, 1.165) is 12.3 Å². The highest BCUT2D eigenvalue weighted by Gasteiger charge is 2.43. The minimum absolute atomic E-state index is 0.0941. The van der Waals surface area contributed by atoms with E-state index in [1.807, 2.05) is 4.90 Å². The third-order valence-corrected chi connectivity index (χ3v) is 6.06. The van der Waals surface area contributed by atoms with Gasteiger partial charge in [-0.3, -0.25) is 0 Å². The largest absolute Gasteiger partial charge is 0.417 e. The van der Waals surface area contributed by atoms with Gasteiger partial charge in [0.1, 0.15) is 11.6 Å². The van der Waals surface area contributed by atoms with Crippen molar-refractivity contribution in [3.8, 4) is 11.3 Å². The number of hydrogen-bond donors (Lipinski definition) is 2. The summed E-state index contributed by atoms with van der Waals surface area (Å²) in [6, 6.07) is 2.33. The summed E-state index contributed by atoms with van der Waals surface area (Å²) in [5.74, 6) is 0.811. The second-order valence-electron chi connectivity index (χ2n) is 7.81. The third-order valence-electron chi connectivity index (χ3n) is 5.50. The molecule has 0 bridgehead atoms. The van der Waals surface area contributed by atoms with Crippen LogP contribution in [0.2, 0.25) is 0 Å². The number of aromatic nitrogens is 3. The highest BCUT2D eigenvalue weighted by atomic mass is 35.5. The Morgan fingerprint density at radius 1 is 1.16 bits per heavy atom. The minimum atomic E-state index is -4.63. The maximum atomic E-state index is 13.7. The van der Waals surface area contributed by atoms with Crippen molar-refractivity contribution in [1.29, 1.82) is 0 Å². The molecule has 0 aromatic carbocycles. The van der Waals surface area contributed by atoms with Crippen molar-refractivity contribution < 1.29 is 23.0 Å². The van der Waals surface area contributed by atoms with E-state index in [9.17, 15) is 18.3 Å². The summed E-state index contributed by atoms with van der Waals surface area (Å²) in [6.45, 7) is 2.83. The lowest BCUT2D eigenvalue weighted by Crippen LogP contribution is -2.60. The SMILES string of the molecule is Nc1cc(C(F)(F)F)c(-c2cc(N3CCOCC3)nc(N3CC(CO)(CCl)C3)n2)cn1. The molecule has 2 fully saturated rings. The fourth-order valence-electron chi connectivity index (χ4n) is 3.70. The predicted molar refractivity (Wildman–Crippen MR) is 110 cm³/mol. The normalized spacial score (nSPS) is 18.7. The Morgan fingerprint density at radius 2 is 1.87 bits per heavy atom. The van der Waals surface area contributed by atoms with Crippen LogP contribution in [0.1, 0.15) is 5.56 Å². The first-order valence-electron chi connectivity index (χ1n) is 9.71. The first-order chi connectivity index (χ1) is 14.7. The molecule has 2 aromatic rings. The highest BCUT2D eigenvalue weighted by Crippen LogP contribution is 2.39. The summed E-state index contributed by atoms with van der Waals surface area (Å²) in [4.78, 5) is 16.6. The Hall–Kier alpha value is -2.37. The fraction of sp³-hybridized carbons (Fsp3) is 0.526. The third kappa shape index (κ3) is 4.35. The van der Waals surface area contributed by atoms with Crippen LogP contribution in [0, 0.1) is 5.41 Å². The fourth-order valence-corrected chi connectivity index (χ4v) is 3.95. The lowest BCUT2D eigenvalue weighted by Gasteiger charge is -2.48. The van der Waals surface area contributed by atoms with Gasteiger partial charge in [0.15, 0.2) is 0 Å². The first kappa shape index (κ1) is 21.8. The number of rotatable bonds is 5. The summed E-state index contributed by atoms with van der Waals surface area (Å²) >= 11 is 5.98. The molecule has 4 heterocycles. The van der Waals surface area contributed by atoms with Crippen LogP contribution < -0.4 is 15.5 Å². The maximum Gasteiger partial charge on any atom is 0.417 e. The summed E-state index contributed by atoms with van der Waals surface area (Å²) in [5.41, 5.74) is 4.05. The van der Waals surface area contributed by atoms with Gasteiger partial charge in [0.25, 0.3) is 0 Å². The molecule has 0 radical (unpaired) electrons. The number of pyridine rings is 1. The van der Waals surface area contributed by atoms with Gasteiger partial charge in [-0.2, -0.15) is 18.2 Å². The molecule has 31 heavy (non-hydrogen) atoms. The molecule has 4 rings (SSSR count). The smallest absolute Gasteiger partial charge is 0.396 e. The number of aliphatic hydroxyl groups is 1. The zero-order valence-electron chi connectivity index (χ0n) is 16.6. The Bertz CT molecular complexity index is 943.